The SMILES string of the molecule is Cc1ccccc1NC(=O)C(=O)Nc1ccc([N+](=O)[O-])cc1. The van der Waals surface area contributed by atoms with Crippen LogP contribution in [0.5, 0.6) is 0 Å². The summed E-state index contributed by atoms with van der Waals surface area (Å²) in [7, 11) is 0. The summed E-state index contributed by atoms with van der Waals surface area (Å²) in [6, 6.07) is 12.3. The van der Waals surface area contributed by atoms with Gasteiger partial charge < -0.3 is 10.6 Å². The van der Waals surface area contributed by atoms with Gasteiger partial charge in [-0.3, -0.25) is 19.7 Å². The van der Waals surface area contributed by atoms with Gasteiger partial charge in [0.15, 0.2) is 0 Å². The number of nitrogens with zero attached hydrogens (tertiary/aromatic N) is 1. The van der Waals surface area contributed by atoms with Crippen molar-refractivity contribution >= 4 is 28.9 Å². The summed E-state index contributed by atoms with van der Waals surface area (Å²) in [6.45, 7) is 1.81. The maximum absolute atomic E-state index is 11.8. The van der Waals surface area contributed by atoms with E-state index in [0.717, 1.165) is 5.56 Å². The van der Waals surface area contributed by atoms with Crippen LogP contribution >= 0.6 is 0 Å². The highest BCUT2D eigenvalue weighted by Gasteiger charge is 2.15. The second-order valence-corrected chi connectivity index (χ2v) is 4.53. The van der Waals surface area contributed by atoms with Gasteiger partial charge in [0.2, 0.25) is 0 Å². The maximum Gasteiger partial charge on any atom is 0.314 e. The van der Waals surface area contributed by atoms with E-state index >= 15 is 0 Å². The molecule has 0 aliphatic carbocycles. The van der Waals surface area contributed by atoms with Crippen LogP contribution in [0.3, 0.4) is 0 Å². The highest BCUT2D eigenvalue weighted by molar-refractivity contribution is 6.43. The molecule has 0 aliphatic heterocycles. The Morgan fingerprint density at radius 2 is 1.55 bits per heavy atom. The molecule has 0 bridgehead atoms. The molecular weight excluding hydrogens is 286 g/mol. The first-order valence-corrected chi connectivity index (χ1v) is 6.40. The lowest BCUT2D eigenvalue weighted by Gasteiger charge is -2.08. The summed E-state index contributed by atoms with van der Waals surface area (Å²) in [5.74, 6) is -1.66. The molecule has 0 fully saturated rings. The third-order valence-corrected chi connectivity index (χ3v) is 2.94. The van der Waals surface area contributed by atoms with Crippen LogP contribution in [0.1, 0.15) is 5.56 Å². The lowest BCUT2D eigenvalue weighted by molar-refractivity contribution is -0.384. The Balaban J connectivity index is 2.01. The zero-order valence-corrected chi connectivity index (χ0v) is 11.7. The maximum atomic E-state index is 11.8. The van der Waals surface area contributed by atoms with Crippen molar-refractivity contribution in [1.82, 2.24) is 0 Å². The molecule has 0 spiro atoms. The summed E-state index contributed by atoms with van der Waals surface area (Å²) in [6.07, 6.45) is 0. The van der Waals surface area contributed by atoms with Crippen LogP contribution in [0.2, 0.25) is 0 Å². The van der Waals surface area contributed by atoms with Gasteiger partial charge >= 0.3 is 11.8 Å². The zero-order chi connectivity index (χ0) is 16.1. The lowest BCUT2D eigenvalue weighted by Crippen LogP contribution is -2.29. The van der Waals surface area contributed by atoms with Crippen molar-refractivity contribution in [2.24, 2.45) is 0 Å². The Labute approximate surface area is 126 Å². The second-order valence-electron chi connectivity index (χ2n) is 4.53. The molecule has 112 valence electrons. The number of amides is 2. The normalized spacial score (nSPS) is 9.86. The van der Waals surface area contributed by atoms with E-state index in [2.05, 4.69) is 10.6 Å². The fraction of sp³-hybridized carbons (Fsp3) is 0.0667. The molecule has 2 N–H and O–H groups in total. The van der Waals surface area contributed by atoms with Gasteiger partial charge in [-0.1, -0.05) is 18.2 Å². The van der Waals surface area contributed by atoms with E-state index < -0.39 is 16.7 Å². The summed E-state index contributed by atoms with van der Waals surface area (Å²) in [5.41, 5.74) is 1.59. The van der Waals surface area contributed by atoms with Crippen LogP contribution in [0.15, 0.2) is 48.5 Å². The molecular formula is C15H13N3O4. The van der Waals surface area contributed by atoms with E-state index in [1.54, 1.807) is 12.1 Å². The summed E-state index contributed by atoms with van der Waals surface area (Å²) in [4.78, 5) is 33.6. The highest BCUT2D eigenvalue weighted by atomic mass is 16.6. The molecule has 22 heavy (non-hydrogen) atoms. The van der Waals surface area contributed by atoms with E-state index in [9.17, 15) is 19.7 Å². The zero-order valence-electron chi connectivity index (χ0n) is 11.7. The van der Waals surface area contributed by atoms with Gasteiger partial charge in [-0.05, 0) is 30.7 Å². The molecule has 0 unspecified atom stereocenters. The minimum atomic E-state index is -0.850. The van der Waals surface area contributed by atoms with Crippen LogP contribution in [0, 0.1) is 17.0 Å². The Kier molecular flexibility index (Phi) is 4.47. The van der Waals surface area contributed by atoms with Gasteiger partial charge in [-0.25, -0.2) is 0 Å². The van der Waals surface area contributed by atoms with Gasteiger partial charge in [-0.15, -0.1) is 0 Å². The van der Waals surface area contributed by atoms with Crippen molar-refractivity contribution in [3.8, 4) is 0 Å². The monoisotopic (exact) mass is 299 g/mol. The number of nitrogens with one attached hydrogen (secondary N) is 2. The molecule has 2 aromatic rings. The number of para-hydroxylation sites is 1. The minimum absolute atomic E-state index is 0.0950. The van der Waals surface area contributed by atoms with Crippen LogP contribution < -0.4 is 10.6 Å². The number of aryl methyl sites for hydroxylation is 1. The predicted octanol–water partition coefficient (Wildman–Crippen LogP) is 2.48. The molecule has 0 saturated carbocycles. The molecule has 2 amide bonds. The number of non-ortho nitro benzene ring substituents is 1. The number of anilines is 2. The average Bonchev–Trinajstić information content (AvgIpc) is 2.50. The molecule has 0 atom stereocenters. The number of rotatable bonds is 3. The van der Waals surface area contributed by atoms with Crippen LogP contribution in [-0.2, 0) is 9.59 Å². The Hall–Kier alpha value is -3.22. The fourth-order valence-electron chi connectivity index (χ4n) is 1.75. The summed E-state index contributed by atoms with van der Waals surface area (Å²) < 4.78 is 0. The first kappa shape index (κ1) is 15.2. The molecule has 0 heterocycles. The number of nitro groups is 1. The van der Waals surface area contributed by atoms with Gasteiger partial charge in [0, 0.05) is 23.5 Å². The first-order chi connectivity index (χ1) is 10.5. The van der Waals surface area contributed by atoms with Crippen LogP contribution in [0.4, 0.5) is 17.1 Å². The highest BCUT2D eigenvalue weighted by Crippen LogP contribution is 2.16. The molecule has 2 aromatic carbocycles. The minimum Gasteiger partial charge on any atom is -0.318 e. The Morgan fingerprint density at radius 1 is 0.955 bits per heavy atom. The van der Waals surface area contributed by atoms with Crippen molar-refractivity contribution in [1.29, 1.82) is 0 Å². The number of carbonyl (C=O) groups excluding carboxylic acids is 2. The largest absolute Gasteiger partial charge is 0.318 e. The number of hydrogen-bond acceptors (Lipinski definition) is 4. The third-order valence-electron chi connectivity index (χ3n) is 2.94. The average molecular weight is 299 g/mol. The van der Waals surface area contributed by atoms with E-state index in [1.165, 1.54) is 24.3 Å². The van der Waals surface area contributed by atoms with E-state index in [0.29, 0.717) is 11.4 Å². The van der Waals surface area contributed by atoms with Crippen molar-refractivity contribution in [3.63, 3.8) is 0 Å². The van der Waals surface area contributed by atoms with E-state index in [-0.39, 0.29) is 5.69 Å². The molecule has 0 saturated heterocycles. The summed E-state index contributed by atoms with van der Waals surface area (Å²) in [5, 5.41) is 15.4. The Morgan fingerprint density at radius 3 is 2.14 bits per heavy atom. The summed E-state index contributed by atoms with van der Waals surface area (Å²) >= 11 is 0. The van der Waals surface area contributed by atoms with E-state index in [4.69, 9.17) is 0 Å². The smallest absolute Gasteiger partial charge is 0.314 e. The van der Waals surface area contributed by atoms with Gasteiger partial charge in [-0.2, -0.15) is 0 Å². The van der Waals surface area contributed by atoms with Crippen molar-refractivity contribution < 1.29 is 14.5 Å². The standard InChI is InChI=1S/C15H13N3O4/c1-10-4-2-3-5-13(10)17-15(20)14(19)16-11-6-8-12(9-7-11)18(21)22/h2-9H,1H3,(H,16,19)(H,17,20). The predicted molar refractivity (Wildman–Crippen MR) is 81.5 cm³/mol. The number of nitro benzene ring substituents is 1. The fourth-order valence-corrected chi connectivity index (χ4v) is 1.75. The van der Waals surface area contributed by atoms with Crippen LogP contribution in [-0.4, -0.2) is 16.7 Å². The van der Waals surface area contributed by atoms with Gasteiger partial charge in [0.05, 0.1) is 4.92 Å². The number of carbonyl (C=O) groups is 2. The van der Waals surface area contributed by atoms with Gasteiger partial charge in [0.1, 0.15) is 0 Å². The van der Waals surface area contributed by atoms with Crippen molar-refractivity contribution in [2.45, 2.75) is 6.92 Å². The van der Waals surface area contributed by atoms with E-state index in [1.807, 2.05) is 19.1 Å². The number of benzene rings is 2. The van der Waals surface area contributed by atoms with Crippen molar-refractivity contribution in [3.05, 3.63) is 64.2 Å². The van der Waals surface area contributed by atoms with Crippen molar-refractivity contribution in [2.75, 3.05) is 10.6 Å². The van der Waals surface area contributed by atoms with Crippen LogP contribution in [0.25, 0.3) is 0 Å². The quantitative estimate of drug-likeness (QED) is 0.516. The molecule has 7 heteroatoms. The topological polar surface area (TPSA) is 101 Å². The molecule has 0 radical (unpaired) electrons. The molecule has 0 aromatic heterocycles. The second kappa shape index (κ2) is 6.49. The molecule has 0 aliphatic rings. The molecule has 7 nitrogen and oxygen atoms in total. The first-order valence-electron chi connectivity index (χ1n) is 6.40. The third kappa shape index (κ3) is 3.66. The Bertz CT molecular complexity index is 726. The number of hydrogen-bond donors (Lipinski definition) is 2. The molecule has 2 rings (SSSR count). The van der Waals surface area contributed by atoms with Gasteiger partial charge in [0.25, 0.3) is 5.69 Å². The lowest BCUT2D eigenvalue weighted by atomic mass is 10.2.